The van der Waals surface area contributed by atoms with Crippen molar-refractivity contribution in [2.75, 3.05) is 4.90 Å². The van der Waals surface area contributed by atoms with Crippen LogP contribution in [0, 0.1) is 0 Å². The largest absolute Gasteiger partial charge is 0.416 e. The van der Waals surface area contributed by atoms with E-state index in [4.69, 9.17) is 4.42 Å². The predicted octanol–water partition coefficient (Wildman–Crippen LogP) is 8.52. The van der Waals surface area contributed by atoms with E-state index in [9.17, 15) is 0 Å². The molecule has 7 rings (SSSR count). The van der Waals surface area contributed by atoms with Gasteiger partial charge in [0.2, 0.25) is 11.8 Å². The van der Waals surface area contributed by atoms with Gasteiger partial charge in [0.1, 0.15) is 0 Å². The molecule has 5 nitrogen and oxygen atoms in total. The van der Waals surface area contributed by atoms with Crippen molar-refractivity contribution < 1.29 is 4.42 Å². The molecule has 7 aromatic rings. The van der Waals surface area contributed by atoms with Crippen molar-refractivity contribution >= 4 is 38.9 Å². The molecule has 0 amide bonds. The van der Waals surface area contributed by atoms with Crippen molar-refractivity contribution in [1.29, 1.82) is 0 Å². The van der Waals surface area contributed by atoms with E-state index in [0.717, 1.165) is 28.2 Å². The van der Waals surface area contributed by atoms with Crippen LogP contribution in [0.2, 0.25) is 0 Å². The maximum absolute atomic E-state index is 5.98. The summed E-state index contributed by atoms with van der Waals surface area (Å²) < 4.78 is 8.23. The van der Waals surface area contributed by atoms with Crippen LogP contribution in [-0.4, -0.2) is 14.8 Å². The van der Waals surface area contributed by atoms with Gasteiger partial charge in [-0.1, -0.05) is 54.6 Å². The number of hydrogen-bond acceptors (Lipinski definition) is 4. The SMILES string of the molecule is Cn1c2ccccc2c2cc(N(c3ccccc3)c3ccc(-c4nnc(-c5ccccc5)o4)cc3)ccc21. The fourth-order valence-electron chi connectivity index (χ4n) is 5.11. The highest BCUT2D eigenvalue weighted by Crippen LogP contribution is 2.39. The maximum Gasteiger partial charge on any atom is 0.248 e. The molecule has 0 fully saturated rings. The molecule has 2 aromatic heterocycles. The van der Waals surface area contributed by atoms with Crippen molar-refractivity contribution in [2.45, 2.75) is 0 Å². The van der Waals surface area contributed by atoms with Crippen LogP contribution in [0.5, 0.6) is 0 Å². The van der Waals surface area contributed by atoms with E-state index in [1.54, 1.807) is 0 Å². The fraction of sp³-hybridized carbons (Fsp3) is 0.0303. The van der Waals surface area contributed by atoms with E-state index in [1.165, 1.54) is 21.8 Å². The molecule has 182 valence electrons. The van der Waals surface area contributed by atoms with E-state index < -0.39 is 0 Å². The second kappa shape index (κ2) is 9.05. The predicted molar refractivity (Wildman–Crippen MR) is 154 cm³/mol. The summed E-state index contributed by atoms with van der Waals surface area (Å²) in [5.41, 5.74) is 7.44. The first-order valence-corrected chi connectivity index (χ1v) is 12.6. The molecule has 0 spiro atoms. The zero-order valence-electron chi connectivity index (χ0n) is 20.8. The van der Waals surface area contributed by atoms with Crippen LogP contribution in [-0.2, 0) is 7.05 Å². The monoisotopic (exact) mass is 492 g/mol. The lowest BCUT2D eigenvalue weighted by Crippen LogP contribution is -2.09. The topological polar surface area (TPSA) is 47.1 Å². The molecule has 2 heterocycles. The minimum Gasteiger partial charge on any atom is -0.416 e. The molecule has 0 aliphatic heterocycles. The van der Waals surface area contributed by atoms with Gasteiger partial charge in [0.05, 0.1) is 0 Å². The van der Waals surface area contributed by atoms with Gasteiger partial charge < -0.3 is 13.9 Å². The van der Waals surface area contributed by atoms with E-state index >= 15 is 0 Å². The molecule has 0 saturated carbocycles. The number of aryl methyl sites for hydroxylation is 1. The second-order valence-corrected chi connectivity index (χ2v) is 9.27. The third-order valence-corrected chi connectivity index (χ3v) is 6.99. The van der Waals surface area contributed by atoms with E-state index in [1.807, 2.05) is 48.5 Å². The number of anilines is 3. The van der Waals surface area contributed by atoms with Crippen LogP contribution in [0.15, 0.2) is 132 Å². The summed E-state index contributed by atoms with van der Waals surface area (Å²) in [5, 5.41) is 11.0. The van der Waals surface area contributed by atoms with Crippen LogP contribution in [0.25, 0.3) is 44.7 Å². The van der Waals surface area contributed by atoms with Crippen LogP contribution < -0.4 is 4.90 Å². The highest BCUT2D eigenvalue weighted by Gasteiger charge is 2.16. The Hall–Kier alpha value is -5.16. The van der Waals surface area contributed by atoms with Gasteiger partial charge in [-0.15, -0.1) is 10.2 Å². The Morgan fingerprint density at radius 3 is 1.82 bits per heavy atom. The molecule has 0 radical (unpaired) electrons. The Balaban J connectivity index is 1.30. The van der Waals surface area contributed by atoms with Gasteiger partial charge in [0.15, 0.2) is 0 Å². The van der Waals surface area contributed by atoms with Crippen LogP contribution in [0.3, 0.4) is 0 Å². The molecule has 38 heavy (non-hydrogen) atoms. The minimum atomic E-state index is 0.499. The minimum absolute atomic E-state index is 0.499. The normalized spacial score (nSPS) is 11.3. The molecular weight excluding hydrogens is 468 g/mol. The first-order chi connectivity index (χ1) is 18.8. The van der Waals surface area contributed by atoms with E-state index in [0.29, 0.717) is 11.8 Å². The smallest absolute Gasteiger partial charge is 0.248 e. The molecule has 0 atom stereocenters. The summed E-state index contributed by atoms with van der Waals surface area (Å²) in [6, 6.07) is 43.7. The Labute approximate surface area is 220 Å². The van der Waals surface area contributed by atoms with Gasteiger partial charge in [-0.25, -0.2) is 0 Å². The summed E-state index contributed by atoms with van der Waals surface area (Å²) in [7, 11) is 2.12. The highest BCUT2D eigenvalue weighted by molar-refractivity contribution is 6.09. The highest BCUT2D eigenvalue weighted by atomic mass is 16.4. The quantitative estimate of drug-likeness (QED) is 0.242. The third-order valence-electron chi connectivity index (χ3n) is 6.99. The van der Waals surface area contributed by atoms with Gasteiger partial charge >= 0.3 is 0 Å². The average molecular weight is 493 g/mol. The second-order valence-electron chi connectivity index (χ2n) is 9.27. The molecule has 0 aliphatic rings. The maximum atomic E-state index is 5.98. The van der Waals surface area contributed by atoms with Gasteiger partial charge in [0, 0.05) is 57.0 Å². The molecule has 0 saturated heterocycles. The number of hydrogen-bond donors (Lipinski definition) is 0. The van der Waals surface area contributed by atoms with Crippen molar-refractivity contribution in [1.82, 2.24) is 14.8 Å². The summed E-state index contributed by atoms with van der Waals surface area (Å²) >= 11 is 0. The van der Waals surface area contributed by atoms with Crippen molar-refractivity contribution in [2.24, 2.45) is 7.05 Å². The molecule has 5 aromatic carbocycles. The van der Waals surface area contributed by atoms with Crippen molar-refractivity contribution in [3.05, 3.63) is 127 Å². The first kappa shape index (κ1) is 22.1. The molecule has 0 aliphatic carbocycles. The van der Waals surface area contributed by atoms with Crippen molar-refractivity contribution in [3.63, 3.8) is 0 Å². The third kappa shape index (κ3) is 3.73. The van der Waals surface area contributed by atoms with Gasteiger partial charge in [-0.3, -0.25) is 0 Å². The zero-order valence-corrected chi connectivity index (χ0v) is 20.8. The number of para-hydroxylation sites is 2. The molecule has 0 bridgehead atoms. The lowest BCUT2D eigenvalue weighted by molar-refractivity contribution is 0.584. The van der Waals surface area contributed by atoms with E-state index in [-0.39, 0.29) is 0 Å². The molecule has 0 unspecified atom stereocenters. The van der Waals surface area contributed by atoms with Gasteiger partial charge in [-0.2, -0.15) is 0 Å². The molecule has 5 heteroatoms. The standard InChI is InChI=1S/C33H24N4O/c1-36-30-15-9-8-14-28(30)29-22-27(20-21-31(29)36)37(25-12-6-3-7-13-25)26-18-16-24(17-19-26)33-35-34-32(38-33)23-10-4-2-5-11-23/h2-22H,1H3. The lowest BCUT2D eigenvalue weighted by atomic mass is 10.1. The van der Waals surface area contributed by atoms with Crippen LogP contribution >= 0.6 is 0 Å². The Morgan fingerprint density at radius 1 is 0.526 bits per heavy atom. The fourth-order valence-corrected chi connectivity index (χ4v) is 5.11. The average Bonchev–Trinajstić information content (AvgIpc) is 3.59. The summed E-state index contributed by atoms with van der Waals surface area (Å²) in [6.45, 7) is 0. The van der Waals surface area contributed by atoms with E-state index in [2.05, 4.69) is 106 Å². The van der Waals surface area contributed by atoms with Gasteiger partial charge in [0.25, 0.3) is 0 Å². The van der Waals surface area contributed by atoms with Crippen LogP contribution in [0.1, 0.15) is 0 Å². The molecule has 0 N–H and O–H groups in total. The summed E-state index contributed by atoms with van der Waals surface area (Å²) in [6.07, 6.45) is 0. The Kier molecular flexibility index (Phi) is 5.26. The molecular formula is C33H24N4O. The number of fused-ring (bicyclic) bond motifs is 3. The summed E-state index contributed by atoms with van der Waals surface area (Å²) in [5.74, 6) is 1.01. The lowest BCUT2D eigenvalue weighted by Gasteiger charge is -2.25. The van der Waals surface area contributed by atoms with Crippen molar-refractivity contribution in [3.8, 4) is 22.9 Å². The number of aromatic nitrogens is 3. The number of benzene rings is 5. The number of nitrogens with zero attached hydrogens (tertiary/aromatic N) is 4. The number of rotatable bonds is 5. The summed E-state index contributed by atoms with van der Waals surface area (Å²) in [4.78, 5) is 2.27. The zero-order chi connectivity index (χ0) is 25.5. The Bertz CT molecular complexity index is 1870. The van der Waals surface area contributed by atoms with Crippen LogP contribution in [0.4, 0.5) is 17.1 Å². The Morgan fingerprint density at radius 2 is 1.08 bits per heavy atom. The first-order valence-electron chi connectivity index (χ1n) is 12.6. The van der Waals surface area contributed by atoms with Gasteiger partial charge in [-0.05, 0) is 72.8 Å².